The average molecular weight is 428 g/mol. The molecule has 1 saturated heterocycles. The summed E-state index contributed by atoms with van der Waals surface area (Å²) >= 11 is 0. The van der Waals surface area contributed by atoms with Crippen molar-refractivity contribution in [1.82, 2.24) is 9.80 Å². The van der Waals surface area contributed by atoms with E-state index in [1.165, 1.54) is 43.4 Å². The third kappa shape index (κ3) is 4.39. The largest absolute Gasteiger partial charge is 0.507 e. The van der Waals surface area contributed by atoms with Gasteiger partial charge in [-0.3, -0.25) is 9.59 Å². The number of benzene rings is 2. The molecule has 31 heavy (non-hydrogen) atoms. The number of aliphatic hydroxyl groups excluding tert-OH is 1. The number of nitrogens with zero attached hydrogens (tertiary/aromatic N) is 2. The van der Waals surface area contributed by atoms with Gasteiger partial charge in [-0.1, -0.05) is 6.07 Å². The van der Waals surface area contributed by atoms with E-state index in [2.05, 4.69) is 0 Å². The quantitative estimate of drug-likeness (QED) is 0.415. The van der Waals surface area contributed by atoms with Gasteiger partial charge in [-0.15, -0.1) is 0 Å². The van der Waals surface area contributed by atoms with Crippen molar-refractivity contribution in [2.24, 2.45) is 0 Å². The smallest absolute Gasteiger partial charge is 0.295 e. The van der Waals surface area contributed by atoms with Gasteiger partial charge in [-0.05, 0) is 56.1 Å². The molecule has 3 rings (SSSR count). The average Bonchev–Trinajstić information content (AvgIpc) is 3.01. The Balaban J connectivity index is 2.18. The molecule has 1 heterocycles. The number of hydrogen-bond donors (Lipinski definition) is 1. The zero-order chi connectivity index (χ0) is 22.7. The van der Waals surface area contributed by atoms with Crippen molar-refractivity contribution in [3.63, 3.8) is 0 Å². The van der Waals surface area contributed by atoms with Gasteiger partial charge in [0.05, 0.1) is 25.8 Å². The van der Waals surface area contributed by atoms with Crippen LogP contribution >= 0.6 is 0 Å². The van der Waals surface area contributed by atoms with E-state index in [4.69, 9.17) is 9.47 Å². The molecule has 1 aliphatic rings. The van der Waals surface area contributed by atoms with Gasteiger partial charge in [0.25, 0.3) is 11.7 Å². The Morgan fingerprint density at radius 2 is 1.71 bits per heavy atom. The summed E-state index contributed by atoms with van der Waals surface area (Å²) in [5.74, 6) is -1.40. The minimum absolute atomic E-state index is 0.0532. The van der Waals surface area contributed by atoms with Crippen molar-refractivity contribution in [2.45, 2.75) is 6.04 Å². The van der Waals surface area contributed by atoms with E-state index in [9.17, 15) is 19.1 Å². The van der Waals surface area contributed by atoms with Crippen LogP contribution in [0.3, 0.4) is 0 Å². The Morgan fingerprint density at radius 3 is 2.29 bits per heavy atom. The van der Waals surface area contributed by atoms with Gasteiger partial charge in [0.2, 0.25) is 0 Å². The van der Waals surface area contributed by atoms with Crippen LogP contribution in [0.2, 0.25) is 0 Å². The van der Waals surface area contributed by atoms with Gasteiger partial charge >= 0.3 is 0 Å². The number of carbonyl (C=O) groups is 2. The second-order valence-electron chi connectivity index (χ2n) is 7.42. The number of rotatable bonds is 7. The predicted octanol–water partition coefficient (Wildman–Crippen LogP) is 2.83. The molecule has 2 aromatic carbocycles. The molecule has 0 saturated carbocycles. The minimum Gasteiger partial charge on any atom is -0.507 e. The van der Waals surface area contributed by atoms with Crippen molar-refractivity contribution in [3.8, 4) is 11.5 Å². The topological polar surface area (TPSA) is 79.3 Å². The number of halogens is 1. The normalized spacial score (nSPS) is 18.0. The fraction of sp³-hybridized carbons (Fsp3) is 0.304. The summed E-state index contributed by atoms with van der Waals surface area (Å²) < 4.78 is 24.0. The fourth-order valence-corrected chi connectivity index (χ4v) is 3.55. The highest BCUT2D eigenvalue weighted by atomic mass is 19.1. The van der Waals surface area contributed by atoms with E-state index >= 15 is 0 Å². The highest BCUT2D eigenvalue weighted by molar-refractivity contribution is 6.46. The molecule has 0 bridgehead atoms. The van der Waals surface area contributed by atoms with Crippen LogP contribution in [-0.2, 0) is 9.59 Å². The fourth-order valence-electron chi connectivity index (χ4n) is 3.55. The molecule has 1 amide bonds. The summed E-state index contributed by atoms with van der Waals surface area (Å²) in [6.07, 6.45) is 0. The number of ether oxygens (including phenoxy) is 2. The SMILES string of the molecule is COc1ccc([C@@H]2/C(=C(\O)c3ccc(F)cc3)C(=O)C(=O)N2CCN(C)C)cc1OC. The van der Waals surface area contributed by atoms with Crippen LogP contribution in [0.25, 0.3) is 5.76 Å². The Kier molecular flexibility index (Phi) is 6.60. The number of likely N-dealkylation sites (N-methyl/N-ethyl adjacent to an activating group) is 1. The lowest BCUT2D eigenvalue weighted by Gasteiger charge is -2.27. The maximum atomic E-state index is 13.3. The van der Waals surface area contributed by atoms with E-state index in [1.54, 1.807) is 18.2 Å². The number of hydrogen-bond acceptors (Lipinski definition) is 6. The number of amides is 1. The molecule has 164 valence electrons. The van der Waals surface area contributed by atoms with Crippen molar-refractivity contribution >= 4 is 17.4 Å². The number of methoxy groups -OCH3 is 2. The van der Waals surface area contributed by atoms with Gasteiger partial charge in [0, 0.05) is 18.7 Å². The Morgan fingerprint density at radius 1 is 1.06 bits per heavy atom. The molecule has 1 aliphatic heterocycles. The van der Waals surface area contributed by atoms with Crippen LogP contribution < -0.4 is 9.47 Å². The maximum Gasteiger partial charge on any atom is 0.295 e. The first kappa shape index (κ1) is 22.3. The minimum atomic E-state index is -0.829. The van der Waals surface area contributed by atoms with Crippen LogP contribution in [0.5, 0.6) is 11.5 Å². The summed E-state index contributed by atoms with van der Waals surface area (Å²) in [5, 5.41) is 10.9. The van der Waals surface area contributed by atoms with E-state index in [0.717, 1.165) is 0 Å². The van der Waals surface area contributed by atoms with Crippen molar-refractivity contribution in [3.05, 3.63) is 65.0 Å². The summed E-state index contributed by atoms with van der Waals surface area (Å²) in [7, 11) is 6.72. The summed E-state index contributed by atoms with van der Waals surface area (Å²) in [6, 6.07) is 9.34. The van der Waals surface area contributed by atoms with Gasteiger partial charge in [0.1, 0.15) is 11.6 Å². The first-order chi connectivity index (χ1) is 14.8. The maximum absolute atomic E-state index is 13.3. The second kappa shape index (κ2) is 9.18. The predicted molar refractivity (Wildman–Crippen MR) is 114 cm³/mol. The molecule has 0 spiro atoms. The molecule has 2 aromatic rings. The number of likely N-dealkylation sites (tertiary alicyclic amines) is 1. The molecule has 0 unspecified atom stereocenters. The lowest BCUT2D eigenvalue weighted by molar-refractivity contribution is -0.140. The van der Waals surface area contributed by atoms with E-state index < -0.39 is 23.5 Å². The zero-order valence-electron chi connectivity index (χ0n) is 17.9. The Labute approximate surface area is 180 Å². The summed E-state index contributed by atoms with van der Waals surface area (Å²) in [5.41, 5.74) is 0.777. The number of aliphatic hydroxyl groups is 1. The van der Waals surface area contributed by atoms with E-state index in [0.29, 0.717) is 23.6 Å². The highest BCUT2D eigenvalue weighted by Gasteiger charge is 2.46. The number of ketones is 1. The van der Waals surface area contributed by atoms with Crippen molar-refractivity contribution in [1.29, 1.82) is 0 Å². The second-order valence-corrected chi connectivity index (χ2v) is 7.42. The van der Waals surface area contributed by atoms with Crippen LogP contribution in [-0.4, -0.2) is 68.0 Å². The molecule has 8 heteroatoms. The van der Waals surface area contributed by atoms with Crippen LogP contribution in [0.15, 0.2) is 48.0 Å². The van der Waals surface area contributed by atoms with Crippen LogP contribution in [0.4, 0.5) is 4.39 Å². The number of carbonyl (C=O) groups excluding carboxylic acids is 2. The van der Waals surface area contributed by atoms with Gasteiger partial charge in [-0.2, -0.15) is 0 Å². The molecule has 0 aliphatic carbocycles. The Bertz CT molecular complexity index is 1020. The molecule has 1 N–H and O–H groups in total. The van der Waals surface area contributed by atoms with E-state index in [1.807, 2.05) is 19.0 Å². The lowest BCUT2D eigenvalue weighted by atomic mass is 9.95. The van der Waals surface area contributed by atoms with Gasteiger partial charge in [0.15, 0.2) is 11.5 Å². The lowest BCUT2D eigenvalue weighted by Crippen LogP contribution is -2.35. The first-order valence-corrected chi connectivity index (χ1v) is 9.69. The van der Waals surface area contributed by atoms with Crippen LogP contribution in [0.1, 0.15) is 17.2 Å². The first-order valence-electron chi connectivity index (χ1n) is 9.69. The van der Waals surface area contributed by atoms with Gasteiger partial charge in [-0.25, -0.2) is 4.39 Å². The Hall–Kier alpha value is -3.39. The van der Waals surface area contributed by atoms with Crippen molar-refractivity contribution < 1.29 is 28.6 Å². The molecule has 7 nitrogen and oxygen atoms in total. The third-order valence-electron chi connectivity index (χ3n) is 5.17. The standard InChI is InChI=1S/C23H25FN2O5/c1-25(2)11-12-26-20(15-7-10-17(30-3)18(13-15)31-4)19(22(28)23(26)29)21(27)14-5-8-16(24)9-6-14/h5-10,13,20,27H,11-12H2,1-4H3/b21-19+/t20-/m1/s1. The van der Waals surface area contributed by atoms with Crippen LogP contribution in [0, 0.1) is 5.82 Å². The molecule has 0 radical (unpaired) electrons. The number of Topliss-reactive ketones (excluding diaryl/α,β-unsaturated/α-hetero) is 1. The van der Waals surface area contributed by atoms with Crippen molar-refractivity contribution in [2.75, 3.05) is 41.4 Å². The molecular formula is C23H25FN2O5. The molecule has 1 fully saturated rings. The zero-order valence-corrected chi connectivity index (χ0v) is 17.9. The van der Waals surface area contributed by atoms with Gasteiger partial charge < -0.3 is 24.4 Å². The highest BCUT2D eigenvalue weighted by Crippen LogP contribution is 2.41. The monoisotopic (exact) mass is 428 g/mol. The summed E-state index contributed by atoms with van der Waals surface area (Å²) in [6.45, 7) is 0.796. The van der Waals surface area contributed by atoms with E-state index in [-0.39, 0.29) is 23.4 Å². The molecule has 1 atom stereocenters. The molecular weight excluding hydrogens is 403 g/mol. The summed E-state index contributed by atoms with van der Waals surface area (Å²) in [4.78, 5) is 29.1. The molecule has 0 aromatic heterocycles. The third-order valence-corrected chi connectivity index (χ3v) is 5.17.